The summed E-state index contributed by atoms with van der Waals surface area (Å²) in [5.74, 6) is 1.13. The molecular formula is C14H12F3N3. The van der Waals surface area contributed by atoms with Gasteiger partial charge >= 0.3 is 6.18 Å². The molecule has 20 heavy (non-hydrogen) atoms. The van der Waals surface area contributed by atoms with Gasteiger partial charge in [0, 0.05) is 23.2 Å². The van der Waals surface area contributed by atoms with Gasteiger partial charge in [0.1, 0.15) is 5.82 Å². The molecule has 1 heterocycles. The van der Waals surface area contributed by atoms with Crippen LogP contribution in [0.1, 0.15) is 30.0 Å². The third-order valence-corrected chi connectivity index (χ3v) is 3.23. The Bertz CT molecular complexity index is 631. The first-order chi connectivity index (χ1) is 9.43. The summed E-state index contributed by atoms with van der Waals surface area (Å²) >= 11 is 0. The van der Waals surface area contributed by atoms with Gasteiger partial charge in [0.2, 0.25) is 0 Å². The van der Waals surface area contributed by atoms with Crippen molar-refractivity contribution in [1.29, 1.82) is 0 Å². The number of benzene rings is 1. The number of nitrogens with two attached hydrogens (primary N) is 1. The molecule has 3 nitrogen and oxygen atoms in total. The summed E-state index contributed by atoms with van der Waals surface area (Å²) < 4.78 is 37.5. The maximum absolute atomic E-state index is 12.5. The Morgan fingerprint density at radius 1 is 1.05 bits per heavy atom. The number of hydrogen-bond donors (Lipinski definition) is 1. The monoisotopic (exact) mass is 279 g/mol. The van der Waals surface area contributed by atoms with Crippen LogP contribution in [0.4, 0.5) is 19.0 Å². The average molecular weight is 279 g/mol. The molecule has 0 unspecified atom stereocenters. The molecule has 1 aromatic carbocycles. The molecule has 1 aliphatic carbocycles. The summed E-state index contributed by atoms with van der Waals surface area (Å²) in [7, 11) is 0. The largest absolute Gasteiger partial charge is 0.416 e. The van der Waals surface area contributed by atoms with Crippen molar-refractivity contribution in [2.75, 3.05) is 5.73 Å². The van der Waals surface area contributed by atoms with E-state index in [0.717, 1.165) is 30.7 Å². The van der Waals surface area contributed by atoms with E-state index >= 15 is 0 Å². The van der Waals surface area contributed by atoms with Crippen LogP contribution >= 0.6 is 0 Å². The molecule has 0 spiro atoms. The Kier molecular flexibility index (Phi) is 2.88. The van der Waals surface area contributed by atoms with Gasteiger partial charge in [-0.05, 0) is 25.0 Å². The molecule has 0 amide bonds. The predicted octanol–water partition coefficient (Wildman–Crippen LogP) is 3.62. The third-order valence-electron chi connectivity index (χ3n) is 3.23. The molecule has 104 valence electrons. The lowest BCUT2D eigenvalue weighted by atomic mass is 10.1. The van der Waals surface area contributed by atoms with Crippen LogP contribution in [0.15, 0.2) is 30.3 Å². The fourth-order valence-corrected chi connectivity index (χ4v) is 2.01. The molecule has 1 fully saturated rings. The van der Waals surface area contributed by atoms with Crippen LogP contribution in [0, 0.1) is 0 Å². The Hall–Kier alpha value is -2.11. The first kappa shape index (κ1) is 12.9. The second kappa shape index (κ2) is 4.47. The van der Waals surface area contributed by atoms with Crippen LogP contribution in [-0.2, 0) is 6.18 Å². The summed E-state index contributed by atoms with van der Waals surface area (Å²) in [6.07, 6.45) is -2.19. The standard InChI is InChI=1S/C14H12F3N3/c15-14(16,17)10-5-3-9(4-6-10)13-19-11(8-1-2-8)7-12(18)20-13/h3-8H,1-2H2,(H2,18,19,20). The quantitative estimate of drug-likeness (QED) is 0.913. The van der Waals surface area contributed by atoms with Crippen LogP contribution < -0.4 is 5.73 Å². The van der Waals surface area contributed by atoms with Crippen molar-refractivity contribution in [1.82, 2.24) is 9.97 Å². The van der Waals surface area contributed by atoms with Crippen molar-refractivity contribution < 1.29 is 13.2 Å². The highest BCUT2D eigenvalue weighted by Crippen LogP contribution is 2.40. The smallest absolute Gasteiger partial charge is 0.384 e. The van der Waals surface area contributed by atoms with Crippen molar-refractivity contribution >= 4 is 5.82 Å². The van der Waals surface area contributed by atoms with Gasteiger partial charge in [-0.15, -0.1) is 0 Å². The molecule has 0 atom stereocenters. The van der Waals surface area contributed by atoms with E-state index in [0.29, 0.717) is 23.1 Å². The van der Waals surface area contributed by atoms with Gasteiger partial charge in [0.25, 0.3) is 0 Å². The van der Waals surface area contributed by atoms with E-state index in [9.17, 15) is 13.2 Å². The zero-order valence-corrected chi connectivity index (χ0v) is 10.5. The third kappa shape index (κ3) is 2.59. The maximum Gasteiger partial charge on any atom is 0.416 e. The summed E-state index contributed by atoms with van der Waals surface area (Å²) in [6.45, 7) is 0. The van der Waals surface area contributed by atoms with E-state index in [4.69, 9.17) is 5.73 Å². The van der Waals surface area contributed by atoms with Crippen LogP contribution in [0.3, 0.4) is 0 Å². The molecule has 2 aromatic rings. The molecule has 1 aliphatic rings. The van der Waals surface area contributed by atoms with Crippen molar-refractivity contribution in [3.8, 4) is 11.4 Å². The van der Waals surface area contributed by atoms with Crippen molar-refractivity contribution in [3.05, 3.63) is 41.6 Å². The highest BCUT2D eigenvalue weighted by molar-refractivity contribution is 5.58. The van der Waals surface area contributed by atoms with Crippen LogP contribution in [-0.4, -0.2) is 9.97 Å². The first-order valence-corrected chi connectivity index (χ1v) is 6.25. The minimum atomic E-state index is -4.34. The maximum atomic E-state index is 12.5. The number of nitrogens with zero attached hydrogens (tertiary/aromatic N) is 2. The van der Waals surface area contributed by atoms with E-state index in [1.165, 1.54) is 12.1 Å². The molecule has 1 saturated carbocycles. The molecule has 3 rings (SSSR count). The second-order valence-corrected chi connectivity index (χ2v) is 4.89. The van der Waals surface area contributed by atoms with Gasteiger partial charge in [-0.25, -0.2) is 9.97 Å². The summed E-state index contributed by atoms with van der Waals surface area (Å²) in [5, 5.41) is 0. The minimum Gasteiger partial charge on any atom is -0.384 e. The molecular weight excluding hydrogens is 267 g/mol. The van der Waals surface area contributed by atoms with Crippen LogP contribution in [0.2, 0.25) is 0 Å². The number of nitrogen functional groups attached to an aromatic ring is 1. The fraction of sp³-hybridized carbons (Fsp3) is 0.286. The number of alkyl halides is 3. The summed E-state index contributed by atoms with van der Waals surface area (Å²) in [6, 6.07) is 6.52. The molecule has 0 radical (unpaired) electrons. The van der Waals surface area contributed by atoms with Gasteiger partial charge in [-0.2, -0.15) is 13.2 Å². The van der Waals surface area contributed by atoms with E-state index in [1.807, 2.05) is 0 Å². The Balaban J connectivity index is 1.96. The molecule has 2 N–H and O–H groups in total. The van der Waals surface area contributed by atoms with Gasteiger partial charge in [0.15, 0.2) is 5.82 Å². The van der Waals surface area contributed by atoms with E-state index < -0.39 is 11.7 Å². The Morgan fingerprint density at radius 3 is 2.25 bits per heavy atom. The highest BCUT2D eigenvalue weighted by Gasteiger charge is 2.30. The van der Waals surface area contributed by atoms with Crippen LogP contribution in [0.5, 0.6) is 0 Å². The predicted molar refractivity (Wildman–Crippen MR) is 68.9 cm³/mol. The number of hydrogen-bond acceptors (Lipinski definition) is 3. The molecule has 0 bridgehead atoms. The van der Waals surface area contributed by atoms with Crippen molar-refractivity contribution in [3.63, 3.8) is 0 Å². The van der Waals surface area contributed by atoms with Gasteiger partial charge in [-0.1, -0.05) is 12.1 Å². The molecule has 0 saturated heterocycles. The lowest BCUT2D eigenvalue weighted by molar-refractivity contribution is -0.137. The molecule has 1 aromatic heterocycles. The second-order valence-electron chi connectivity index (χ2n) is 4.89. The van der Waals surface area contributed by atoms with E-state index in [2.05, 4.69) is 9.97 Å². The number of aromatic nitrogens is 2. The Labute approximate surface area is 113 Å². The zero-order chi connectivity index (χ0) is 14.3. The highest BCUT2D eigenvalue weighted by atomic mass is 19.4. The summed E-state index contributed by atoms with van der Waals surface area (Å²) in [5.41, 5.74) is 6.45. The van der Waals surface area contributed by atoms with E-state index in [1.54, 1.807) is 6.07 Å². The summed E-state index contributed by atoms with van der Waals surface area (Å²) in [4.78, 5) is 8.48. The number of rotatable bonds is 2. The average Bonchev–Trinajstić information content (AvgIpc) is 3.21. The normalized spacial score (nSPS) is 15.3. The minimum absolute atomic E-state index is 0.344. The van der Waals surface area contributed by atoms with Gasteiger partial charge in [0.05, 0.1) is 5.56 Å². The molecule has 0 aliphatic heterocycles. The lowest BCUT2D eigenvalue weighted by Gasteiger charge is -2.08. The van der Waals surface area contributed by atoms with E-state index in [-0.39, 0.29) is 0 Å². The topological polar surface area (TPSA) is 51.8 Å². The zero-order valence-electron chi connectivity index (χ0n) is 10.5. The number of halogens is 3. The van der Waals surface area contributed by atoms with Gasteiger partial charge in [-0.3, -0.25) is 0 Å². The fourth-order valence-electron chi connectivity index (χ4n) is 2.01. The molecule has 6 heteroatoms. The number of anilines is 1. The van der Waals surface area contributed by atoms with Gasteiger partial charge < -0.3 is 5.73 Å². The van der Waals surface area contributed by atoms with Crippen molar-refractivity contribution in [2.24, 2.45) is 0 Å². The SMILES string of the molecule is Nc1cc(C2CC2)nc(-c2ccc(C(F)(F)F)cc2)n1. The van der Waals surface area contributed by atoms with Crippen LogP contribution in [0.25, 0.3) is 11.4 Å². The first-order valence-electron chi connectivity index (χ1n) is 6.25. The lowest BCUT2D eigenvalue weighted by Crippen LogP contribution is -2.04. The Morgan fingerprint density at radius 2 is 1.70 bits per heavy atom. The van der Waals surface area contributed by atoms with Crippen molar-refractivity contribution in [2.45, 2.75) is 24.9 Å².